The van der Waals surface area contributed by atoms with Gasteiger partial charge in [-0.3, -0.25) is 14.4 Å². The fourth-order valence-electron chi connectivity index (χ4n) is 5.05. The molecule has 1 aliphatic rings. The number of furan rings is 1. The highest BCUT2D eigenvalue weighted by Gasteiger charge is 2.33. The highest BCUT2D eigenvalue weighted by atomic mass is 79.9. The van der Waals surface area contributed by atoms with Gasteiger partial charge in [-0.1, -0.05) is 42.5 Å². The predicted octanol–water partition coefficient (Wildman–Crippen LogP) is 5.86. The van der Waals surface area contributed by atoms with Gasteiger partial charge in [0.15, 0.2) is 4.67 Å². The number of hydrogen-bond donors (Lipinski definition) is 3. The second-order valence-electron chi connectivity index (χ2n) is 11.0. The number of nitrogens with one attached hydrogen (secondary N) is 2. The number of fused-ring (bicyclic) bond motifs is 2. The Labute approximate surface area is 257 Å². The lowest BCUT2D eigenvalue weighted by atomic mass is 10.0. The molecule has 42 heavy (non-hydrogen) atoms. The Balaban J connectivity index is 1.48. The van der Waals surface area contributed by atoms with E-state index in [1.165, 1.54) is 0 Å². The number of halogens is 1. The fraction of sp³-hybridized carbons (Fsp3) is 0.281. The third-order valence-electron chi connectivity index (χ3n) is 6.90. The first kappa shape index (κ1) is 29.9. The van der Waals surface area contributed by atoms with Gasteiger partial charge in [-0.25, -0.2) is 0 Å². The normalized spacial score (nSPS) is 15.3. The molecular weight excluding hydrogens is 616 g/mol. The van der Waals surface area contributed by atoms with Gasteiger partial charge < -0.3 is 25.7 Å². The molecule has 1 aromatic heterocycles. The summed E-state index contributed by atoms with van der Waals surface area (Å²) in [6, 6.07) is 20.3. The Bertz CT molecular complexity index is 1660. The van der Waals surface area contributed by atoms with Crippen molar-refractivity contribution in [2.75, 3.05) is 17.2 Å². The van der Waals surface area contributed by atoms with Crippen molar-refractivity contribution >= 4 is 61.9 Å². The first-order valence-electron chi connectivity index (χ1n) is 13.8. The zero-order valence-corrected chi connectivity index (χ0v) is 26.1. The molecule has 4 N–H and O–H groups in total. The number of carbonyl (C=O) groups is 3. The fourth-order valence-corrected chi connectivity index (χ4v) is 6.61. The van der Waals surface area contributed by atoms with Gasteiger partial charge in [-0.2, -0.15) is 0 Å². The molecule has 1 atom stereocenters. The zero-order chi connectivity index (χ0) is 30.0. The summed E-state index contributed by atoms with van der Waals surface area (Å²) in [7, 11) is 0. The van der Waals surface area contributed by atoms with Crippen LogP contribution in [-0.4, -0.2) is 41.6 Å². The van der Waals surface area contributed by atoms with E-state index in [0.29, 0.717) is 40.4 Å². The number of benzene rings is 3. The van der Waals surface area contributed by atoms with Crippen LogP contribution in [0.15, 0.2) is 80.7 Å². The molecule has 8 nitrogen and oxygen atoms in total. The standard InChI is InChI=1S/C32H33BrN4O4S/c1-4-35-30(39)22-10-6-5-9-20(22)28-21-14-13-19(15-23(21)29(33)41-28)17-37-25-11-7-8-12-26(25)42-18-24(31(37)40)36-27(38)16-32(2,3)34/h5-15,24H,4,16-18,34H2,1-3H3,(H,35,39)(H,36,38). The molecule has 0 radical (unpaired) electrons. The van der Waals surface area contributed by atoms with E-state index < -0.39 is 11.6 Å². The average molecular weight is 650 g/mol. The van der Waals surface area contributed by atoms with Gasteiger partial charge >= 0.3 is 0 Å². The third kappa shape index (κ3) is 6.40. The average Bonchev–Trinajstić information content (AvgIpc) is 3.22. The van der Waals surface area contributed by atoms with Gasteiger partial charge in [0.05, 0.1) is 17.8 Å². The first-order valence-corrected chi connectivity index (χ1v) is 15.5. The molecule has 1 aliphatic heterocycles. The van der Waals surface area contributed by atoms with E-state index >= 15 is 0 Å². The predicted molar refractivity (Wildman–Crippen MR) is 171 cm³/mol. The quantitative estimate of drug-likeness (QED) is 0.220. The van der Waals surface area contributed by atoms with Crippen LogP contribution in [0.5, 0.6) is 0 Å². The largest absolute Gasteiger partial charge is 0.448 e. The second kappa shape index (κ2) is 12.3. The van der Waals surface area contributed by atoms with Gasteiger partial charge in [0, 0.05) is 45.5 Å². The number of nitrogens with two attached hydrogens (primary N) is 1. The van der Waals surface area contributed by atoms with Crippen LogP contribution in [0.3, 0.4) is 0 Å². The summed E-state index contributed by atoms with van der Waals surface area (Å²) >= 11 is 5.11. The molecule has 2 heterocycles. The number of hydrogen-bond acceptors (Lipinski definition) is 6. The van der Waals surface area contributed by atoms with E-state index in [1.807, 2.05) is 67.6 Å². The van der Waals surface area contributed by atoms with E-state index in [4.69, 9.17) is 10.2 Å². The van der Waals surface area contributed by atoms with Gasteiger partial charge in [0.2, 0.25) is 5.91 Å². The maximum atomic E-state index is 13.9. The summed E-state index contributed by atoms with van der Waals surface area (Å²) in [5.41, 5.74) is 8.27. The van der Waals surface area contributed by atoms with Crippen molar-refractivity contribution in [1.29, 1.82) is 0 Å². The highest BCUT2D eigenvalue weighted by Crippen LogP contribution is 2.40. The molecule has 0 spiro atoms. The molecule has 1 unspecified atom stereocenters. The lowest BCUT2D eigenvalue weighted by Gasteiger charge is -2.27. The minimum Gasteiger partial charge on any atom is -0.448 e. The smallest absolute Gasteiger partial charge is 0.252 e. The highest BCUT2D eigenvalue weighted by molar-refractivity contribution is 9.10. The summed E-state index contributed by atoms with van der Waals surface area (Å²) in [6.45, 7) is 6.26. The molecule has 0 bridgehead atoms. The molecule has 0 aliphatic carbocycles. The van der Waals surface area contributed by atoms with Crippen molar-refractivity contribution in [2.45, 2.75) is 50.2 Å². The van der Waals surface area contributed by atoms with E-state index in [9.17, 15) is 14.4 Å². The zero-order valence-electron chi connectivity index (χ0n) is 23.7. The lowest BCUT2D eigenvalue weighted by Crippen LogP contribution is -2.51. The van der Waals surface area contributed by atoms with Crippen LogP contribution >= 0.6 is 27.7 Å². The van der Waals surface area contributed by atoms with Crippen molar-refractivity contribution in [3.8, 4) is 11.3 Å². The number of anilines is 1. The third-order valence-corrected chi connectivity index (χ3v) is 8.65. The number of para-hydroxylation sites is 1. The van der Waals surface area contributed by atoms with E-state index in [1.54, 1.807) is 36.6 Å². The van der Waals surface area contributed by atoms with E-state index in [2.05, 4.69) is 26.6 Å². The van der Waals surface area contributed by atoms with Gasteiger partial charge in [0.1, 0.15) is 11.8 Å². The number of carbonyl (C=O) groups excluding carboxylic acids is 3. The number of rotatable bonds is 8. The van der Waals surface area contributed by atoms with Crippen LogP contribution in [0.2, 0.25) is 0 Å². The summed E-state index contributed by atoms with van der Waals surface area (Å²) in [4.78, 5) is 42.0. The first-order chi connectivity index (χ1) is 20.1. The van der Waals surface area contributed by atoms with Crippen molar-refractivity contribution in [1.82, 2.24) is 10.6 Å². The van der Waals surface area contributed by atoms with E-state index in [-0.39, 0.29) is 24.1 Å². The summed E-state index contributed by atoms with van der Waals surface area (Å²) < 4.78 is 6.69. The number of thioether (sulfide) groups is 1. The molecule has 3 aromatic carbocycles. The van der Waals surface area contributed by atoms with Crippen LogP contribution in [0.1, 0.15) is 43.1 Å². The summed E-state index contributed by atoms with van der Waals surface area (Å²) in [5, 5.41) is 7.44. The van der Waals surface area contributed by atoms with Crippen LogP contribution in [0, 0.1) is 0 Å². The molecule has 0 saturated heterocycles. The second-order valence-corrected chi connectivity index (χ2v) is 12.8. The number of amides is 3. The Kier molecular flexibility index (Phi) is 8.77. The Morgan fingerprint density at radius 2 is 1.83 bits per heavy atom. The summed E-state index contributed by atoms with van der Waals surface area (Å²) in [5.74, 6) is 0.404. The molecule has 218 valence electrons. The van der Waals surface area contributed by atoms with Gasteiger partial charge in [0.25, 0.3) is 11.8 Å². The van der Waals surface area contributed by atoms with Crippen molar-refractivity contribution in [3.05, 3.63) is 82.5 Å². The van der Waals surface area contributed by atoms with Gasteiger partial charge in [-0.05, 0) is 66.5 Å². The molecule has 0 saturated carbocycles. The Morgan fingerprint density at radius 3 is 2.60 bits per heavy atom. The maximum Gasteiger partial charge on any atom is 0.252 e. The minimum absolute atomic E-state index is 0.116. The maximum absolute atomic E-state index is 13.9. The van der Waals surface area contributed by atoms with Crippen molar-refractivity contribution < 1.29 is 18.8 Å². The molecule has 5 rings (SSSR count). The monoisotopic (exact) mass is 648 g/mol. The van der Waals surface area contributed by atoms with Crippen LogP contribution in [0.25, 0.3) is 22.1 Å². The van der Waals surface area contributed by atoms with Gasteiger partial charge in [-0.15, -0.1) is 11.8 Å². The molecule has 4 aromatic rings. The number of nitrogens with zero attached hydrogens (tertiary/aromatic N) is 1. The minimum atomic E-state index is -0.695. The van der Waals surface area contributed by atoms with Crippen LogP contribution in [-0.2, 0) is 16.1 Å². The van der Waals surface area contributed by atoms with Crippen molar-refractivity contribution in [3.63, 3.8) is 0 Å². The molecule has 3 amide bonds. The lowest BCUT2D eigenvalue weighted by molar-refractivity contribution is -0.127. The Hall–Kier alpha value is -3.60. The Morgan fingerprint density at radius 1 is 1.10 bits per heavy atom. The topological polar surface area (TPSA) is 118 Å². The van der Waals surface area contributed by atoms with Crippen LogP contribution in [0.4, 0.5) is 5.69 Å². The van der Waals surface area contributed by atoms with Crippen molar-refractivity contribution in [2.24, 2.45) is 5.73 Å². The molecule has 10 heteroatoms. The SMILES string of the molecule is CCNC(=O)c1ccccc1-c1oc(Br)c2cc(CN3C(=O)C(NC(=O)CC(C)(C)N)CSc4ccccc43)ccc12. The van der Waals surface area contributed by atoms with E-state index in [0.717, 1.165) is 26.9 Å². The summed E-state index contributed by atoms with van der Waals surface area (Å²) in [6.07, 6.45) is 0.116. The van der Waals surface area contributed by atoms with Crippen LogP contribution < -0.4 is 21.3 Å². The molecular formula is C32H33BrN4O4S. The molecule has 0 fully saturated rings.